The Morgan fingerprint density at radius 2 is 1.71 bits per heavy atom. The third kappa shape index (κ3) is 4.47. The summed E-state index contributed by atoms with van der Waals surface area (Å²) in [5, 5.41) is 2.97. The average Bonchev–Trinajstić information content (AvgIpc) is 2.74. The summed E-state index contributed by atoms with van der Waals surface area (Å²) in [6, 6.07) is 7.74. The van der Waals surface area contributed by atoms with E-state index in [4.69, 9.17) is 9.47 Å². The molecule has 1 aliphatic heterocycles. The summed E-state index contributed by atoms with van der Waals surface area (Å²) < 4.78 is 10.7. The summed E-state index contributed by atoms with van der Waals surface area (Å²) in [4.78, 5) is 21.1. The second-order valence-corrected chi connectivity index (χ2v) is 6.80. The lowest BCUT2D eigenvalue weighted by Crippen LogP contribution is -2.50. The predicted molar refractivity (Wildman–Crippen MR) is 111 cm³/mol. The molecule has 0 atom stereocenters. The first-order valence-corrected chi connectivity index (χ1v) is 9.53. The molecule has 0 unspecified atom stereocenters. The fourth-order valence-electron chi connectivity index (χ4n) is 3.35. The van der Waals surface area contributed by atoms with E-state index >= 15 is 0 Å². The summed E-state index contributed by atoms with van der Waals surface area (Å²) in [7, 11) is 3.29. The summed E-state index contributed by atoms with van der Waals surface area (Å²) in [5.74, 6) is 1.52. The van der Waals surface area contributed by atoms with Crippen LogP contribution in [0, 0.1) is 6.92 Å². The van der Waals surface area contributed by atoms with Crippen molar-refractivity contribution in [3.05, 3.63) is 41.7 Å². The van der Waals surface area contributed by atoms with Crippen molar-refractivity contribution in [3.63, 3.8) is 0 Å². The van der Waals surface area contributed by atoms with Crippen LogP contribution in [0.5, 0.6) is 11.5 Å². The van der Waals surface area contributed by atoms with Crippen molar-refractivity contribution in [2.75, 3.05) is 50.6 Å². The average molecular weight is 384 g/mol. The SMILES string of the molecule is CCc1cc(NC(=O)N2CCN(c3cc(OC)cc(OC)c3)CC2)cnc1C. The zero-order chi connectivity index (χ0) is 20.1. The number of nitrogens with zero attached hydrogens (tertiary/aromatic N) is 3. The molecule has 2 heterocycles. The molecule has 0 radical (unpaired) electrons. The fraction of sp³-hybridized carbons (Fsp3) is 0.429. The quantitative estimate of drug-likeness (QED) is 0.857. The number of aryl methyl sites for hydroxylation is 2. The molecule has 1 aromatic heterocycles. The number of methoxy groups -OCH3 is 2. The number of benzene rings is 1. The first-order valence-electron chi connectivity index (χ1n) is 9.53. The Morgan fingerprint density at radius 3 is 2.29 bits per heavy atom. The van der Waals surface area contributed by atoms with Gasteiger partial charge in [-0.15, -0.1) is 0 Å². The minimum absolute atomic E-state index is 0.0874. The number of amides is 2. The summed E-state index contributed by atoms with van der Waals surface area (Å²) in [6.45, 7) is 6.85. The molecule has 7 nitrogen and oxygen atoms in total. The maximum atomic E-state index is 12.6. The highest BCUT2D eigenvalue weighted by Gasteiger charge is 2.22. The normalized spacial score (nSPS) is 14.0. The molecule has 1 aliphatic rings. The minimum atomic E-state index is -0.0874. The lowest BCUT2D eigenvalue weighted by atomic mass is 10.1. The standard InChI is InChI=1S/C21H28N4O3/c1-5-16-10-17(14-22-15(16)2)23-21(26)25-8-6-24(7-9-25)18-11-19(27-3)13-20(12-18)28-4/h10-14H,5-9H2,1-4H3,(H,23,26). The first kappa shape index (κ1) is 19.8. The number of hydrogen-bond donors (Lipinski definition) is 1. The van der Waals surface area contributed by atoms with Crippen LogP contribution in [-0.4, -0.2) is 56.3 Å². The Kier molecular flexibility index (Phi) is 6.23. The van der Waals surface area contributed by atoms with Gasteiger partial charge in [0.25, 0.3) is 0 Å². The molecule has 0 saturated carbocycles. The van der Waals surface area contributed by atoms with Crippen LogP contribution in [-0.2, 0) is 6.42 Å². The van der Waals surface area contributed by atoms with Crippen molar-refractivity contribution in [2.45, 2.75) is 20.3 Å². The van der Waals surface area contributed by atoms with E-state index in [1.54, 1.807) is 20.4 Å². The van der Waals surface area contributed by atoms with Crippen LogP contribution < -0.4 is 19.7 Å². The van der Waals surface area contributed by atoms with E-state index in [1.807, 2.05) is 36.1 Å². The number of carbonyl (C=O) groups excluding carboxylic acids is 1. The number of urea groups is 1. The zero-order valence-electron chi connectivity index (χ0n) is 17.0. The van der Waals surface area contributed by atoms with E-state index in [0.29, 0.717) is 13.1 Å². The molecule has 0 bridgehead atoms. The molecule has 1 N–H and O–H groups in total. The number of rotatable bonds is 5. The monoisotopic (exact) mass is 384 g/mol. The summed E-state index contributed by atoms with van der Waals surface area (Å²) in [5.41, 5.74) is 3.93. The summed E-state index contributed by atoms with van der Waals surface area (Å²) in [6.07, 6.45) is 2.61. The Hall–Kier alpha value is -2.96. The molecule has 28 heavy (non-hydrogen) atoms. The predicted octanol–water partition coefficient (Wildman–Crippen LogP) is 3.32. The van der Waals surface area contributed by atoms with Gasteiger partial charge >= 0.3 is 6.03 Å². The van der Waals surface area contributed by atoms with E-state index < -0.39 is 0 Å². The van der Waals surface area contributed by atoms with Crippen molar-refractivity contribution in [1.29, 1.82) is 0 Å². The third-order valence-electron chi connectivity index (χ3n) is 5.09. The fourth-order valence-corrected chi connectivity index (χ4v) is 3.35. The Balaban J connectivity index is 1.61. The molecular formula is C21H28N4O3. The Labute approximate surface area is 166 Å². The van der Waals surface area contributed by atoms with E-state index in [2.05, 4.69) is 22.1 Å². The van der Waals surface area contributed by atoms with Gasteiger partial charge in [-0.1, -0.05) is 6.92 Å². The molecule has 1 saturated heterocycles. The van der Waals surface area contributed by atoms with E-state index in [-0.39, 0.29) is 6.03 Å². The van der Waals surface area contributed by atoms with Gasteiger partial charge in [-0.25, -0.2) is 4.79 Å². The Morgan fingerprint density at radius 1 is 1.07 bits per heavy atom. The molecule has 0 aliphatic carbocycles. The largest absolute Gasteiger partial charge is 0.497 e. The maximum absolute atomic E-state index is 12.6. The lowest BCUT2D eigenvalue weighted by Gasteiger charge is -2.36. The highest BCUT2D eigenvalue weighted by atomic mass is 16.5. The number of piperazine rings is 1. The first-order chi connectivity index (χ1) is 13.5. The number of anilines is 2. The highest BCUT2D eigenvalue weighted by molar-refractivity contribution is 5.89. The Bertz CT molecular complexity index is 810. The number of hydrogen-bond acceptors (Lipinski definition) is 5. The van der Waals surface area contributed by atoms with Gasteiger partial charge < -0.3 is 24.6 Å². The van der Waals surface area contributed by atoms with Gasteiger partial charge in [-0.05, 0) is 25.0 Å². The topological polar surface area (TPSA) is 66.9 Å². The van der Waals surface area contributed by atoms with Crippen molar-refractivity contribution < 1.29 is 14.3 Å². The lowest BCUT2D eigenvalue weighted by molar-refractivity contribution is 0.208. The number of nitrogens with one attached hydrogen (secondary N) is 1. The van der Waals surface area contributed by atoms with E-state index in [1.165, 1.54) is 0 Å². The molecule has 1 fully saturated rings. The molecule has 2 aromatic rings. The van der Waals surface area contributed by atoms with Crippen molar-refractivity contribution in [3.8, 4) is 11.5 Å². The van der Waals surface area contributed by atoms with Gasteiger partial charge in [0, 0.05) is 55.8 Å². The number of pyridine rings is 1. The zero-order valence-corrected chi connectivity index (χ0v) is 17.0. The van der Waals surface area contributed by atoms with Crippen molar-refractivity contribution in [1.82, 2.24) is 9.88 Å². The van der Waals surface area contributed by atoms with Gasteiger partial charge in [0.1, 0.15) is 11.5 Å². The van der Waals surface area contributed by atoms with Crippen LogP contribution in [0.1, 0.15) is 18.2 Å². The van der Waals surface area contributed by atoms with E-state index in [9.17, 15) is 4.79 Å². The smallest absolute Gasteiger partial charge is 0.322 e. The number of ether oxygens (including phenoxy) is 2. The second kappa shape index (κ2) is 8.82. The molecule has 7 heteroatoms. The second-order valence-electron chi connectivity index (χ2n) is 6.80. The third-order valence-corrected chi connectivity index (χ3v) is 5.09. The van der Waals surface area contributed by atoms with Crippen LogP contribution in [0.4, 0.5) is 16.2 Å². The van der Waals surface area contributed by atoms with Crippen LogP contribution >= 0.6 is 0 Å². The highest BCUT2D eigenvalue weighted by Crippen LogP contribution is 2.29. The molecule has 0 spiro atoms. The van der Waals surface area contributed by atoms with Crippen LogP contribution in [0.2, 0.25) is 0 Å². The van der Waals surface area contributed by atoms with Gasteiger partial charge in [-0.3, -0.25) is 4.98 Å². The van der Waals surface area contributed by atoms with Crippen LogP contribution in [0.15, 0.2) is 30.5 Å². The van der Waals surface area contributed by atoms with Gasteiger partial charge in [0.15, 0.2) is 0 Å². The van der Waals surface area contributed by atoms with Crippen LogP contribution in [0.3, 0.4) is 0 Å². The van der Waals surface area contributed by atoms with Gasteiger partial charge in [0.2, 0.25) is 0 Å². The molecule has 2 amide bonds. The van der Waals surface area contributed by atoms with Crippen LogP contribution in [0.25, 0.3) is 0 Å². The summed E-state index contributed by atoms with van der Waals surface area (Å²) >= 11 is 0. The molecule has 3 rings (SSSR count). The number of carbonyl (C=O) groups is 1. The van der Waals surface area contributed by atoms with Crippen molar-refractivity contribution >= 4 is 17.4 Å². The van der Waals surface area contributed by atoms with Gasteiger partial charge in [-0.2, -0.15) is 0 Å². The maximum Gasteiger partial charge on any atom is 0.322 e. The number of aromatic nitrogens is 1. The van der Waals surface area contributed by atoms with Gasteiger partial charge in [0.05, 0.1) is 26.1 Å². The molecule has 1 aromatic carbocycles. The van der Waals surface area contributed by atoms with Crippen molar-refractivity contribution in [2.24, 2.45) is 0 Å². The van der Waals surface area contributed by atoms with E-state index in [0.717, 1.165) is 53.6 Å². The molecular weight excluding hydrogens is 356 g/mol. The minimum Gasteiger partial charge on any atom is -0.497 e. The molecule has 150 valence electrons.